The van der Waals surface area contributed by atoms with Crippen molar-refractivity contribution < 1.29 is 0 Å². The molecule has 0 unspecified atom stereocenters. The van der Waals surface area contributed by atoms with Crippen LogP contribution >= 0.6 is 0 Å². The van der Waals surface area contributed by atoms with Gasteiger partial charge < -0.3 is 10.6 Å². The van der Waals surface area contributed by atoms with E-state index in [1.165, 1.54) is 24.5 Å². The van der Waals surface area contributed by atoms with Crippen LogP contribution in [0, 0.1) is 11.3 Å². The van der Waals surface area contributed by atoms with Crippen LogP contribution in [0.3, 0.4) is 0 Å². The van der Waals surface area contributed by atoms with Crippen LogP contribution in [0.5, 0.6) is 0 Å². The zero-order valence-corrected chi connectivity index (χ0v) is 13.6. The zero-order chi connectivity index (χ0) is 16.6. The Balaban J connectivity index is 1.75. The second kappa shape index (κ2) is 8.11. The molecule has 0 atom stereocenters. The molecule has 3 rings (SSSR count). The molecule has 0 bridgehead atoms. The summed E-state index contributed by atoms with van der Waals surface area (Å²) in [4.78, 5) is 8.97. The third kappa shape index (κ3) is 4.32. The SMILES string of the molecule is N#C/C=C/c1cnc(NCc2ccccc2)nc1NC1CCCC1. The molecule has 0 radical (unpaired) electrons. The summed E-state index contributed by atoms with van der Waals surface area (Å²) >= 11 is 0. The van der Waals surface area contributed by atoms with Crippen LogP contribution in [0.1, 0.15) is 36.8 Å². The molecule has 2 aromatic rings. The quantitative estimate of drug-likeness (QED) is 0.788. The lowest BCUT2D eigenvalue weighted by Crippen LogP contribution is -2.17. The van der Waals surface area contributed by atoms with Gasteiger partial charge >= 0.3 is 0 Å². The molecule has 0 aliphatic heterocycles. The van der Waals surface area contributed by atoms with Gasteiger partial charge in [0.05, 0.1) is 6.07 Å². The maximum atomic E-state index is 8.76. The number of aromatic nitrogens is 2. The topological polar surface area (TPSA) is 73.6 Å². The first-order valence-corrected chi connectivity index (χ1v) is 8.32. The lowest BCUT2D eigenvalue weighted by Gasteiger charge is -2.15. The minimum absolute atomic E-state index is 0.455. The molecule has 0 amide bonds. The van der Waals surface area contributed by atoms with E-state index in [2.05, 4.69) is 32.7 Å². The molecule has 1 aliphatic rings. The maximum Gasteiger partial charge on any atom is 0.224 e. The van der Waals surface area contributed by atoms with Crippen molar-refractivity contribution in [1.82, 2.24) is 9.97 Å². The van der Waals surface area contributed by atoms with Gasteiger partial charge in [0, 0.05) is 30.4 Å². The summed E-state index contributed by atoms with van der Waals surface area (Å²) in [5.74, 6) is 1.38. The summed E-state index contributed by atoms with van der Waals surface area (Å²) in [6.07, 6.45) is 9.80. The lowest BCUT2D eigenvalue weighted by atomic mass is 10.2. The largest absolute Gasteiger partial charge is 0.367 e. The van der Waals surface area contributed by atoms with E-state index in [-0.39, 0.29) is 0 Å². The third-order valence-electron chi connectivity index (χ3n) is 4.14. The number of nitrogens with zero attached hydrogens (tertiary/aromatic N) is 3. The summed E-state index contributed by atoms with van der Waals surface area (Å²) in [6, 6.07) is 12.6. The van der Waals surface area contributed by atoms with E-state index in [0.29, 0.717) is 18.5 Å². The highest BCUT2D eigenvalue weighted by Gasteiger charge is 2.16. The Morgan fingerprint density at radius 3 is 2.75 bits per heavy atom. The van der Waals surface area contributed by atoms with Gasteiger partial charge in [-0.1, -0.05) is 43.2 Å². The number of rotatable bonds is 6. The molecular weight excluding hydrogens is 298 g/mol. The Bertz CT molecular complexity index is 727. The van der Waals surface area contributed by atoms with Gasteiger partial charge in [-0.15, -0.1) is 0 Å². The van der Waals surface area contributed by atoms with E-state index in [1.54, 1.807) is 12.3 Å². The number of nitrogens with one attached hydrogen (secondary N) is 2. The van der Waals surface area contributed by atoms with Crippen LogP contribution in [0.2, 0.25) is 0 Å². The normalized spacial score (nSPS) is 14.6. The Labute approximate surface area is 142 Å². The van der Waals surface area contributed by atoms with E-state index in [1.807, 2.05) is 24.3 Å². The molecule has 5 nitrogen and oxygen atoms in total. The fourth-order valence-electron chi connectivity index (χ4n) is 2.88. The van der Waals surface area contributed by atoms with Crippen molar-refractivity contribution in [2.45, 2.75) is 38.3 Å². The van der Waals surface area contributed by atoms with Crippen molar-refractivity contribution >= 4 is 17.8 Å². The molecule has 1 fully saturated rings. The second-order valence-electron chi connectivity index (χ2n) is 5.92. The van der Waals surface area contributed by atoms with E-state index in [0.717, 1.165) is 24.2 Å². The molecule has 1 aliphatic carbocycles. The number of allylic oxidation sites excluding steroid dienone is 1. The first-order valence-electron chi connectivity index (χ1n) is 8.32. The van der Waals surface area contributed by atoms with Crippen LogP contribution in [0.15, 0.2) is 42.6 Å². The number of nitriles is 1. The Hall–Kier alpha value is -2.87. The lowest BCUT2D eigenvalue weighted by molar-refractivity contribution is 0.749. The minimum atomic E-state index is 0.455. The summed E-state index contributed by atoms with van der Waals surface area (Å²) in [5, 5.41) is 15.5. The Kier molecular flexibility index (Phi) is 5.41. The van der Waals surface area contributed by atoms with Crippen LogP contribution in [-0.2, 0) is 6.54 Å². The molecule has 122 valence electrons. The van der Waals surface area contributed by atoms with E-state index in [9.17, 15) is 0 Å². The Morgan fingerprint density at radius 2 is 2.00 bits per heavy atom. The van der Waals surface area contributed by atoms with Gasteiger partial charge in [-0.2, -0.15) is 10.2 Å². The van der Waals surface area contributed by atoms with Gasteiger partial charge in [-0.05, 0) is 24.5 Å². The molecule has 1 saturated carbocycles. The molecule has 5 heteroatoms. The van der Waals surface area contributed by atoms with E-state index < -0.39 is 0 Å². The van der Waals surface area contributed by atoms with Gasteiger partial charge in [-0.3, -0.25) is 0 Å². The first kappa shape index (κ1) is 16.0. The highest BCUT2D eigenvalue weighted by atomic mass is 15.1. The summed E-state index contributed by atoms with van der Waals surface area (Å²) in [6.45, 7) is 0.678. The Morgan fingerprint density at radius 1 is 1.21 bits per heavy atom. The zero-order valence-electron chi connectivity index (χ0n) is 13.6. The van der Waals surface area contributed by atoms with Gasteiger partial charge in [0.15, 0.2) is 0 Å². The molecular formula is C19H21N5. The molecule has 2 N–H and O–H groups in total. The molecule has 0 saturated heterocycles. The van der Waals surface area contributed by atoms with Crippen molar-refractivity contribution in [3.05, 3.63) is 53.7 Å². The molecule has 1 heterocycles. The van der Waals surface area contributed by atoms with Crippen molar-refractivity contribution in [1.29, 1.82) is 5.26 Å². The maximum absolute atomic E-state index is 8.76. The predicted molar refractivity (Wildman–Crippen MR) is 96.3 cm³/mol. The molecule has 1 aromatic heterocycles. The van der Waals surface area contributed by atoms with Gasteiger partial charge in [0.25, 0.3) is 0 Å². The fraction of sp³-hybridized carbons (Fsp3) is 0.316. The minimum Gasteiger partial charge on any atom is -0.367 e. The van der Waals surface area contributed by atoms with E-state index in [4.69, 9.17) is 5.26 Å². The summed E-state index contributed by atoms with van der Waals surface area (Å²) < 4.78 is 0. The standard InChI is InChI=1S/C19H21N5/c20-12-6-9-16-14-22-19(21-13-15-7-2-1-3-8-15)24-18(16)23-17-10-4-5-11-17/h1-3,6-9,14,17H,4-5,10-11,13H2,(H2,21,22,23,24)/b9-6+. The van der Waals surface area contributed by atoms with Crippen LogP contribution in [0.25, 0.3) is 6.08 Å². The third-order valence-corrected chi connectivity index (χ3v) is 4.14. The monoisotopic (exact) mass is 319 g/mol. The number of anilines is 2. The van der Waals surface area contributed by atoms with Crippen LogP contribution in [-0.4, -0.2) is 16.0 Å². The van der Waals surface area contributed by atoms with Gasteiger partial charge in [0.2, 0.25) is 5.95 Å². The average molecular weight is 319 g/mol. The van der Waals surface area contributed by atoms with E-state index >= 15 is 0 Å². The van der Waals surface area contributed by atoms with Crippen molar-refractivity contribution in [3.63, 3.8) is 0 Å². The van der Waals surface area contributed by atoms with Crippen LogP contribution < -0.4 is 10.6 Å². The van der Waals surface area contributed by atoms with Crippen molar-refractivity contribution in [3.8, 4) is 6.07 Å². The van der Waals surface area contributed by atoms with Gasteiger partial charge in [-0.25, -0.2) is 4.98 Å². The number of hydrogen-bond acceptors (Lipinski definition) is 5. The number of benzene rings is 1. The van der Waals surface area contributed by atoms with Crippen molar-refractivity contribution in [2.75, 3.05) is 10.6 Å². The predicted octanol–water partition coefficient (Wildman–Crippen LogP) is 3.98. The van der Waals surface area contributed by atoms with Crippen LogP contribution in [0.4, 0.5) is 11.8 Å². The fourth-order valence-corrected chi connectivity index (χ4v) is 2.88. The first-order chi connectivity index (χ1) is 11.8. The summed E-state index contributed by atoms with van der Waals surface area (Å²) in [7, 11) is 0. The van der Waals surface area contributed by atoms with Gasteiger partial charge in [0.1, 0.15) is 5.82 Å². The molecule has 1 aromatic carbocycles. The molecule has 24 heavy (non-hydrogen) atoms. The summed E-state index contributed by atoms with van der Waals surface area (Å²) in [5.41, 5.74) is 2.02. The molecule has 0 spiro atoms. The van der Waals surface area contributed by atoms with Crippen molar-refractivity contribution in [2.24, 2.45) is 0 Å². The smallest absolute Gasteiger partial charge is 0.224 e. The second-order valence-corrected chi connectivity index (χ2v) is 5.92. The number of hydrogen-bond donors (Lipinski definition) is 2. The highest BCUT2D eigenvalue weighted by molar-refractivity contribution is 5.65. The highest BCUT2D eigenvalue weighted by Crippen LogP contribution is 2.24. The average Bonchev–Trinajstić information content (AvgIpc) is 3.13.